The van der Waals surface area contributed by atoms with Gasteiger partial charge in [0.05, 0.1) is 11.0 Å². The standard InChI is InChI=1S/C33H32N2O2/c1-3-17-32(36)18-19-33(21-24-9-5-4-6-10-24)26(22-32)14-13-25-20-27(15-16-28(25)33)37-31-23(2)34-29-11-7-8-12-30(29)35-31/h4-12,15-16,20,26,36H,13-14,18-19,21-22H2,1-2H3/t26-,32-,33+/m1/s1. The van der Waals surface area contributed by atoms with Crippen LogP contribution < -0.4 is 4.74 Å². The van der Waals surface area contributed by atoms with Gasteiger partial charge in [0, 0.05) is 5.41 Å². The topological polar surface area (TPSA) is 55.2 Å². The Labute approximate surface area is 218 Å². The first kappa shape index (κ1) is 23.7. The third kappa shape index (κ3) is 4.38. The largest absolute Gasteiger partial charge is 0.437 e. The zero-order chi connectivity index (χ0) is 25.5. The number of aromatic nitrogens is 2. The van der Waals surface area contributed by atoms with Gasteiger partial charge in [0.25, 0.3) is 0 Å². The van der Waals surface area contributed by atoms with Crippen LogP contribution in [0.2, 0.25) is 0 Å². The molecule has 0 aliphatic heterocycles. The first-order valence-electron chi connectivity index (χ1n) is 13.2. The molecule has 6 rings (SSSR count). The highest BCUT2D eigenvalue weighted by atomic mass is 16.5. The van der Waals surface area contributed by atoms with Gasteiger partial charge in [-0.25, -0.2) is 9.97 Å². The highest BCUT2D eigenvalue weighted by Crippen LogP contribution is 2.54. The van der Waals surface area contributed by atoms with Crippen LogP contribution in [-0.2, 0) is 18.3 Å². The summed E-state index contributed by atoms with van der Waals surface area (Å²) in [6.45, 7) is 3.76. The molecule has 2 aliphatic carbocycles. The number of hydrogen-bond acceptors (Lipinski definition) is 4. The summed E-state index contributed by atoms with van der Waals surface area (Å²) < 4.78 is 6.30. The van der Waals surface area contributed by atoms with Crippen LogP contribution in [-0.4, -0.2) is 20.7 Å². The molecule has 0 bridgehead atoms. The summed E-state index contributed by atoms with van der Waals surface area (Å²) in [6.07, 6.45) is 5.30. The fourth-order valence-electron chi connectivity index (χ4n) is 6.64. The number of rotatable bonds is 4. The maximum Gasteiger partial charge on any atom is 0.241 e. The Balaban J connectivity index is 1.37. The molecule has 1 fully saturated rings. The van der Waals surface area contributed by atoms with Gasteiger partial charge in [-0.1, -0.05) is 54.5 Å². The Bertz CT molecular complexity index is 1520. The van der Waals surface area contributed by atoms with Crippen molar-refractivity contribution in [2.24, 2.45) is 5.92 Å². The van der Waals surface area contributed by atoms with E-state index in [1.54, 1.807) is 0 Å². The first-order valence-corrected chi connectivity index (χ1v) is 13.2. The van der Waals surface area contributed by atoms with Crippen LogP contribution in [0.3, 0.4) is 0 Å². The SMILES string of the molecule is CC#C[C@@]1(O)CC[C@@]2(Cc3ccccc3)c3ccc(Oc4nc5ccccc5nc4C)cc3CC[C@@H]2C1. The van der Waals surface area contributed by atoms with Gasteiger partial charge in [0.1, 0.15) is 17.0 Å². The van der Waals surface area contributed by atoms with E-state index >= 15 is 0 Å². The lowest BCUT2D eigenvalue weighted by Crippen LogP contribution is -2.50. The van der Waals surface area contributed by atoms with Gasteiger partial charge in [-0.15, -0.1) is 5.92 Å². The third-order valence-electron chi connectivity index (χ3n) is 8.36. The van der Waals surface area contributed by atoms with Gasteiger partial charge >= 0.3 is 0 Å². The lowest BCUT2D eigenvalue weighted by Gasteiger charge is -2.52. The molecule has 0 radical (unpaired) electrons. The summed E-state index contributed by atoms with van der Waals surface area (Å²) in [5.41, 5.74) is 5.65. The second kappa shape index (κ2) is 9.32. The number of aliphatic hydroxyl groups is 1. The van der Waals surface area contributed by atoms with E-state index in [4.69, 9.17) is 9.72 Å². The molecule has 3 aromatic carbocycles. The summed E-state index contributed by atoms with van der Waals surface area (Å²) >= 11 is 0. The molecule has 186 valence electrons. The van der Waals surface area contributed by atoms with Crippen LogP contribution in [0.5, 0.6) is 11.6 Å². The second-order valence-electron chi connectivity index (χ2n) is 10.7. The number of aryl methyl sites for hydroxylation is 2. The van der Waals surface area contributed by atoms with E-state index in [2.05, 4.69) is 65.4 Å². The van der Waals surface area contributed by atoms with E-state index < -0.39 is 5.60 Å². The smallest absolute Gasteiger partial charge is 0.241 e. The minimum atomic E-state index is -0.883. The van der Waals surface area contributed by atoms with Crippen molar-refractivity contribution in [3.8, 4) is 23.5 Å². The van der Waals surface area contributed by atoms with Crippen molar-refractivity contribution in [3.05, 3.63) is 95.2 Å². The van der Waals surface area contributed by atoms with Crippen molar-refractivity contribution in [3.63, 3.8) is 0 Å². The monoisotopic (exact) mass is 488 g/mol. The minimum absolute atomic E-state index is 0.0201. The lowest BCUT2D eigenvalue weighted by molar-refractivity contribution is -0.00804. The molecule has 4 nitrogen and oxygen atoms in total. The summed E-state index contributed by atoms with van der Waals surface area (Å²) in [7, 11) is 0. The summed E-state index contributed by atoms with van der Waals surface area (Å²) in [5.74, 6) is 7.82. The van der Waals surface area contributed by atoms with Crippen molar-refractivity contribution < 1.29 is 9.84 Å². The van der Waals surface area contributed by atoms with E-state index in [0.717, 1.165) is 54.6 Å². The van der Waals surface area contributed by atoms with Gasteiger partial charge in [0.2, 0.25) is 5.88 Å². The van der Waals surface area contributed by atoms with Crippen LogP contribution in [0.25, 0.3) is 11.0 Å². The van der Waals surface area contributed by atoms with Crippen molar-refractivity contribution in [2.75, 3.05) is 0 Å². The van der Waals surface area contributed by atoms with Crippen LogP contribution in [0, 0.1) is 24.7 Å². The van der Waals surface area contributed by atoms with E-state index in [9.17, 15) is 5.11 Å². The molecule has 0 unspecified atom stereocenters. The quantitative estimate of drug-likeness (QED) is 0.324. The molecule has 4 aromatic rings. The van der Waals surface area contributed by atoms with Crippen LogP contribution in [0.4, 0.5) is 0 Å². The number of benzene rings is 3. The molecule has 1 saturated carbocycles. The van der Waals surface area contributed by atoms with Gasteiger partial charge in [-0.3, -0.25) is 0 Å². The van der Waals surface area contributed by atoms with Crippen molar-refractivity contribution in [1.29, 1.82) is 0 Å². The van der Waals surface area contributed by atoms with Crippen LogP contribution in [0.15, 0.2) is 72.8 Å². The molecule has 0 amide bonds. The molecule has 4 heteroatoms. The maximum atomic E-state index is 11.2. The van der Waals surface area contributed by atoms with Crippen molar-refractivity contribution >= 4 is 11.0 Å². The summed E-state index contributed by atoms with van der Waals surface area (Å²) in [4.78, 5) is 9.40. The average Bonchev–Trinajstić information content (AvgIpc) is 2.90. The second-order valence-corrected chi connectivity index (χ2v) is 10.7. The molecule has 2 aliphatic rings. The van der Waals surface area contributed by atoms with E-state index in [0.29, 0.717) is 18.2 Å². The predicted octanol–water partition coefficient (Wildman–Crippen LogP) is 6.71. The Morgan fingerprint density at radius 2 is 1.73 bits per heavy atom. The molecule has 1 heterocycles. The molecule has 3 atom stereocenters. The normalized spacial score (nSPS) is 24.5. The van der Waals surface area contributed by atoms with Crippen LogP contribution >= 0.6 is 0 Å². The average molecular weight is 489 g/mol. The number of para-hydroxylation sites is 2. The molecule has 37 heavy (non-hydrogen) atoms. The molecule has 0 saturated heterocycles. The fraction of sp³-hybridized carbons (Fsp3) is 0.333. The Morgan fingerprint density at radius 3 is 2.51 bits per heavy atom. The number of nitrogens with zero attached hydrogens (tertiary/aromatic N) is 2. The maximum absolute atomic E-state index is 11.2. The number of fused-ring (bicyclic) bond motifs is 4. The third-order valence-corrected chi connectivity index (χ3v) is 8.36. The number of ether oxygens (including phenoxy) is 1. The van der Waals surface area contributed by atoms with Crippen molar-refractivity contribution in [1.82, 2.24) is 9.97 Å². The van der Waals surface area contributed by atoms with E-state index in [1.807, 2.05) is 38.1 Å². The van der Waals surface area contributed by atoms with Gasteiger partial charge in [-0.05, 0) is 99.2 Å². The molecular formula is C33H32N2O2. The van der Waals surface area contributed by atoms with Gasteiger partial charge < -0.3 is 9.84 Å². The fourth-order valence-corrected chi connectivity index (χ4v) is 6.64. The Kier molecular flexibility index (Phi) is 5.97. The van der Waals surface area contributed by atoms with Crippen molar-refractivity contribution in [2.45, 2.75) is 63.4 Å². The highest BCUT2D eigenvalue weighted by molar-refractivity contribution is 5.74. The molecule has 0 spiro atoms. The predicted molar refractivity (Wildman–Crippen MR) is 147 cm³/mol. The van der Waals surface area contributed by atoms with E-state index in [-0.39, 0.29) is 5.41 Å². The van der Waals surface area contributed by atoms with E-state index in [1.165, 1.54) is 16.7 Å². The summed E-state index contributed by atoms with van der Waals surface area (Å²) in [6, 6.07) is 25.2. The zero-order valence-electron chi connectivity index (χ0n) is 21.5. The Morgan fingerprint density at radius 1 is 0.973 bits per heavy atom. The molecule has 1 aromatic heterocycles. The van der Waals surface area contributed by atoms with Gasteiger partial charge in [-0.2, -0.15) is 0 Å². The van der Waals surface area contributed by atoms with Crippen LogP contribution in [0.1, 0.15) is 55.0 Å². The zero-order valence-corrected chi connectivity index (χ0v) is 21.5. The first-order chi connectivity index (χ1) is 18.0. The summed E-state index contributed by atoms with van der Waals surface area (Å²) in [5, 5.41) is 11.2. The molecular weight excluding hydrogens is 456 g/mol. The molecule has 1 N–H and O–H groups in total. The number of hydrogen-bond donors (Lipinski definition) is 1. The Hall–Kier alpha value is -3.68. The lowest BCUT2D eigenvalue weighted by atomic mass is 9.52. The highest BCUT2D eigenvalue weighted by Gasteiger charge is 2.51. The van der Waals surface area contributed by atoms with Gasteiger partial charge in [0.15, 0.2) is 0 Å². The minimum Gasteiger partial charge on any atom is -0.437 e.